The molecule has 0 bridgehead atoms. The monoisotopic (exact) mass is 243 g/mol. The summed E-state index contributed by atoms with van der Waals surface area (Å²) in [6.07, 6.45) is 1.76. The summed E-state index contributed by atoms with van der Waals surface area (Å²) in [5, 5.41) is 0.478. The van der Waals surface area contributed by atoms with E-state index in [0.717, 1.165) is 16.9 Å². The summed E-state index contributed by atoms with van der Waals surface area (Å²) in [5.74, 6) is 0. The topological polar surface area (TPSA) is 30.7 Å². The SMILES string of the molecule is Cc1ccc(-n2cnc3ccc(Cl)nc32)cc1. The van der Waals surface area contributed by atoms with Crippen LogP contribution in [0.5, 0.6) is 0 Å². The van der Waals surface area contributed by atoms with E-state index >= 15 is 0 Å². The van der Waals surface area contributed by atoms with Crippen molar-refractivity contribution in [2.75, 3.05) is 0 Å². The molecule has 0 aliphatic heterocycles. The van der Waals surface area contributed by atoms with E-state index in [0.29, 0.717) is 5.15 Å². The molecule has 0 aliphatic carbocycles. The zero-order valence-electron chi connectivity index (χ0n) is 9.26. The Bertz CT molecular complexity index is 671. The molecule has 3 rings (SSSR count). The van der Waals surface area contributed by atoms with E-state index in [1.165, 1.54) is 5.56 Å². The molecule has 1 aromatic carbocycles. The zero-order valence-corrected chi connectivity index (χ0v) is 10.0. The average Bonchev–Trinajstić information content (AvgIpc) is 2.73. The Morgan fingerprint density at radius 1 is 1.06 bits per heavy atom. The quantitative estimate of drug-likeness (QED) is 0.614. The largest absolute Gasteiger partial charge is 0.283 e. The van der Waals surface area contributed by atoms with Crippen molar-refractivity contribution >= 4 is 22.8 Å². The van der Waals surface area contributed by atoms with Crippen LogP contribution in [0, 0.1) is 6.92 Å². The van der Waals surface area contributed by atoms with Crippen molar-refractivity contribution in [2.24, 2.45) is 0 Å². The van der Waals surface area contributed by atoms with Gasteiger partial charge in [0.05, 0.1) is 0 Å². The average molecular weight is 244 g/mol. The van der Waals surface area contributed by atoms with E-state index in [-0.39, 0.29) is 0 Å². The van der Waals surface area contributed by atoms with Crippen molar-refractivity contribution in [3.63, 3.8) is 0 Å². The van der Waals surface area contributed by atoms with Gasteiger partial charge in [0, 0.05) is 5.69 Å². The van der Waals surface area contributed by atoms with Gasteiger partial charge in [-0.25, -0.2) is 9.97 Å². The number of nitrogens with zero attached hydrogens (tertiary/aromatic N) is 3. The summed E-state index contributed by atoms with van der Waals surface area (Å²) < 4.78 is 1.93. The van der Waals surface area contributed by atoms with Crippen molar-refractivity contribution in [1.29, 1.82) is 0 Å². The van der Waals surface area contributed by atoms with Gasteiger partial charge in [-0.15, -0.1) is 0 Å². The van der Waals surface area contributed by atoms with Gasteiger partial charge in [-0.2, -0.15) is 0 Å². The molecule has 84 valence electrons. The first-order valence-corrected chi connectivity index (χ1v) is 5.68. The van der Waals surface area contributed by atoms with E-state index < -0.39 is 0 Å². The van der Waals surface area contributed by atoms with Crippen LogP contribution in [-0.2, 0) is 0 Å². The molecule has 4 heteroatoms. The Balaban J connectivity index is 2.23. The number of pyridine rings is 1. The van der Waals surface area contributed by atoms with Gasteiger partial charge in [-0.1, -0.05) is 29.3 Å². The summed E-state index contributed by atoms with van der Waals surface area (Å²) in [6.45, 7) is 2.06. The second kappa shape index (κ2) is 3.86. The van der Waals surface area contributed by atoms with Crippen LogP contribution in [0.2, 0.25) is 5.15 Å². The lowest BCUT2D eigenvalue weighted by molar-refractivity contribution is 1.07. The van der Waals surface area contributed by atoms with Crippen molar-refractivity contribution < 1.29 is 0 Å². The van der Waals surface area contributed by atoms with Gasteiger partial charge in [0.2, 0.25) is 0 Å². The molecule has 0 unspecified atom stereocenters. The number of rotatable bonds is 1. The molecule has 0 radical (unpaired) electrons. The predicted molar refractivity (Wildman–Crippen MR) is 68.6 cm³/mol. The summed E-state index contributed by atoms with van der Waals surface area (Å²) in [6, 6.07) is 11.8. The zero-order chi connectivity index (χ0) is 11.8. The summed E-state index contributed by atoms with van der Waals surface area (Å²) in [7, 11) is 0. The normalized spacial score (nSPS) is 10.9. The minimum absolute atomic E-state index is 0.478. The highest BCUT2D eigenvalue weighted by atomic mass is 35.5. The molecular formula is C13H10ClN3. The van der Waals surface area contributed by atoms with Crippen molar-refractivity contribution in [2.45, 2.75) is 6.92 Å². The predicted octanol–water partition coefficient (Wildman–Crippen LogP) is 3.38. The second-order valence-electron chi connectivity index (χ2n) is 3.93. The molecule has 0 atom stereocenters. The van der Waals surface area contributed by atoms with E-state index in [9.17, 15) is 0 Å². The van der Waals surface area contributed by atoms with Crippen LogP contribution in [0.1, 0.15) is 5.56 Å². The molecule has 0 fully saturated rings. The molecule has 2 aromatic heterocycles. The van der Waals surface area contributed by atoms with Crippen LogP contribution in [0.4, 0.5) is 0 Å². The van der Waals surface area contributed by atoms with Crippen LogP contribution in [-0.4, -0.2) is 14.5 Å². The number of fused-ring (bicyclic) bond motifs is 1. The molecule has 0 aliphatic rings. The highest BCUT2D eigenvalue weighted by molar-refractivity contribution is 6.29. The maximum Gasteiger partial charge on any atom is 0.166 e. The maximum absolute atomic E-state index is 5.91. The van der Waals surface area contributed by atoms with Crippen LogP contribution >= 0.6 is 11.6 Å². The van der Waals surface area contributed by atoms with Gasteiger partial charge >= 0.3 is 0 Å². The summed E-state index contributed by atoms with van der Waals surface area (Å²) in [5.41, 5.74) is 3.88. The molecule has 17 heavy (non-hydrogen) atoms. The van der Waals surface area contributed by atoms with Gasteiger partial charge < -0.3 is 0 Å². The number of benzene rings is 1. The third-order valence-electron chi connectivity index (χ3n) is 2.67. The van der Waals surface area contributed by atoms with Crippen LogP contribution < -0.4 is 0 Å². The van der Waals surface area contributed by atoms with E-state index in [2.05, 4.69) is 29.0 Å². The fraction of sp³-hybridized carbons (Fsp3) is 0.0769. The van der Waals surface area contributed by atoms with Crippen molar-refractivity contribution in [3.8, 4) is 5.69 Å². The number of hydrogen-bond donors (Lipinski definition) is 0. The van der Waals surface area contributed by atoms with Gasteiger partial charge in [0.1, 0.15) is 17.0 Å². The second-order valence-corrected chi connectivity index (χ2v) is 4.31. The van der Waals surface area contributed by atoms with Crippen molar-refractivity contribution in [3.05, 3.63) is 53.4 Å². The van der Waals surface area contributed by atoms with E-state index in [4.69, 9.17) is 11.6 Å². The standard InChI is InChI=1S/C13H10ClN3/c1-9-2-4-10(5-3-9)17-8-15-11-6-7-12(14)16-13(11)17/h2-8H,1H3. The smallest absolute Gasteiger partial charge is 0.166 e. The van der Waals surface area contributed by atoms with Crippen LogP contribution in [0.25, 0.3) is 16.9 Å². The lowest BCUT2D eigenvalue weighted by Gasteiger charge is -2.03. The maximum atomic E-state index is 5.91. The van der Waals surface area contributed by atoms with Crippen LogP contribution in [0.15, 0.2) is 42.7 Å². The molecule has 0 spiro atoms. The molecular weight excluding hydrogens is 234 g/mol. The first-order valence-electron chi connectivity index (χ1n) is 5.31. The van der Waals surface area contributed by atoms with Gasteiger partial charge in [-0.05, 0) is 31.2 Å². The molecule has 0 N–H and O–H groups in total. The van der Waals surface area contributed by atoms with Gasteiger partial charge in [-0.3, -0.25) is 4.57 Å². The Kier molecular flexibility index (Phi) is 2.34. The lowest BCUT2D eigenvalue weighted by atomic mass is 10.2. The minimum atomic E-state index is 0.478. The first-order chi connectivity index (χ1) is 8.24. The third-order valence-corrected chi connectivity index (χ3v) is 2.88. The van der Waals surface area contributed by atoms with Crippen molar-refractivity contribution in [1.82, 2.24) is 14.5 Å². The molecule has 0 amide bonds. The highest BCUT2D eigenvalue weighted by Gasteiger charge is 2.06. The number of aromatic nitrogens is 3. The molecule has 2 heterocycles. The van der Waals surface area contributed by atoms with Gasteiger partial charge in [0.25, 0.3) is 0 Å². The summed E-state index contributed by atoms with van der Waals surface area (Å²) >= 11 is 5.91. The van der Waals surface area contributed by atoms with Crippen LogP contribution in [0.3, 0.4) is 0 Å². The number of halogens is 1. The highest BCUT2D eigenvalue weighted by Crippen LogP contribution is 2.18. The molecule has 0 saturated heterocycles. The van der Waals surface area contributed by atoms with E-state index in [1.807, 2.05) is 22.8 Å². The Morgan fingerprint density at radius 2 is 1.82 bits per heavy atom. The lowest BCUT2D eigenvalue weighted by Crippen LogP contribution is -1.93. The van der Waals surface area contributed by atoms with Gasteiger partial charge in [0.15, 0.2) is 5.65 Å². The Morgan fingerprint density at radius 3 is 2.59 bits per heavy atom. The third kappa shape index (κ3) is 1.78. The van der Waals surface area contributed by atoms with E-state index in [1.54, 1.807) is 12.4 Å². The molecule has 3 nitrogen and oxygen atoms in total. The minimum Gasteiger partial charge on any atom is -0.283 e. The Hall–Kier alpha value is -1.87. The molecule has 3 aromatic rings. The fourth-order valence-electron chi connectivity index (χ4n) is 1.76. The Labute approximate surface area is 104 Å². The fourth-order valence-corrected chi connectivity index (χ4v) is 1.91. The number of aryl methyl sites for hydroxylation is 1. The molecule has 0 saturated carbocycles. The number of imidazole rings is 1. The summed E-state index contributed by atoms with van der Waals surface area (Å²) in [4.78, 5) is 8.60. The first kappa shape index (κ1) is 10.3. The number of hydrogen-bond acceptors (Lipinski definition) is 2.